The van der Waals surface area contributed by atoms with E-state index < -0.39 is 0 Å². The van der Waals surface area contributed by atoms with Crippen molar-refractivity contribution in [1.29, 1.82) is 0 Å². The SMILES string of the molecule is Clc1cnccc1CNC1CCN2CCCC12. The van der Waals surface area contributed by atoms with Crippen LogP contribution in [0.4, 0.5) is 0 Å². The molecule has 2 unspecified atom stereocenters. The third-order valence-electron chi connectivity index (χ3n) is 4.02. The van der Waals surface area contributed by atoms with Crippen LogP contribution in [0, 0.1) is 0 Å². The number of rotatable bonds is 3. The molecule has 2 aliphatic heterocycles. The number of pyridine rings is 1. The van der Waals surface area contributed by atoms with Crippen LogP contribution in [0.5, 0.6) is 0 Å². The van der Waals surface area contributed by atoms with Gasteiger partial charge in [-0.3, -0.25) is 9.88 Å². The summed E-state index contributed by atoms with van der Waals surface area (Å²) in [5.41, 5.74) is 1.15. The number of fused-ring (bicyclic) bond motifs is 1. The van der Waals surface area contributed by atoms with Gasteiger partial charge in [0, 0.05) is 37.6 Å². The van der Waals surface area contributed by atoms with Crippen molar-refractivity contribution in [3.05, 3.63) is 29.0 Å². The van der Waals surface area contributed by atoms with Crippen molar-refractivity contribution in [2.45, 2.75) is 37.9 Å². The summed E-state index contributed by atoms with van der Waals surface area (Å²) in [6, 6.07) is 3.40. The molecule has 0 amide bonds. The summed E-state index contributed by atoms with van der Waals surface area (Å²) >= 11 is 6.11. The zero-order valence-electron chi connectivity index (χ0n) is 9.90. The van der Waals surface area contributed by atoms with Gasteiger partial charge in [0.15, 0.2) is 0 Å². The number of nitrogens with one attached hydrogen (secondary N) is 1. The summed E-state index contributed by atoms with van der Waals surface area (Å²) in [4.78, 5) is 6.63. The monoisotopic (exact) mass is 251 g/mol. The molecule has 1 N–H and O–H groups in total. The highest BCUT2D eigenvalue weighted by atomic mass is 35.5. The number of halogens is 1. The fourth-order valence-corrected chi connectivity index (χ4v) is 3.30. The van der Waals surface area contributed by atoms with E-state index in [1.54, 1.807) is 12.4 Å². The average Bonchev–Trinajstić information content (AvgIpc) is 2.91. The highest BCUT2D eigenvalue weighted by Gasteiger charge is 2.36. The van der Waals surface area contributed by atoms with Crippen LogP contribution >= 0.6 is 11.6 Å². The standard InChI is InChI=1S/C13H18ClN3/c14-11-9-15-5-3-10(11)8-16-12-4-7-17-6-1-2-13(12)17/h3,5,9,12-13,16H,1-2,4,6-8H2. The molecule has 3 nitrogen and oxygen atoms in total. The molecule has 0 aliphatic carbocycles. The summed E-state index contributed by atoms with van der Waals surface area (Å²) in [7, 11) is 0. The van der Waals surface area contributed by atoms with E-state index in [-0.39, 0.29) is 0 Å². The second-order valence-corrected chi connectivity index (χ2v) is 5.40. The predicted molar refractivity (Wildman–Crippen MR) is 69.1 cm³/mol. The smallest absolute Gasteiger partial charge is 0.0634 e. The Kier molecular flexibility index (Phi) is 3.32. The molecule has 0 aromatic carbocycles. The van der Waals surface area contributed by atoms with Gasteiger partial charge >= 0.3 is 0 Å². The lowest BCUT2D eigenvalue weighted by molar-refractivity contribution is 0.298. The van der Waals surface area contributed by atoms with E-state index in [1.165, 1.54) is 32.4 Å². The Morgan fingerprint density at radius 1 is 1.41 bits per heavy atom. The van der Waals surface area contributed by atoms with Gasteiger partial charge in [0.2, 0.25) is 0 Å². The number of hydrogen-bond donors (Lipinski definition) is 1. The van der Waals surface area contributed by atoms with Gasteiger partial charge in [-0.1, -0.05) is 11.6 Å². The quantitative estimate of drug-likeness (QED) is 0.892. The van der Waals surface area contributed by atoms with E-state index >= 15 is 0 Å². The molecule has 17 heavy (non-hydrogen) atoms. The Hall–Kier alpha value is -0.640. The van der Waals surface area contributed by atoms with E-state index in [2.05, 4.69) is 15.2 Å². The van der Waals surface area contributed by atoms with Crippen LogP contribution in [-0.2, 0) is 6.54 Å². The van der Waals surface area contributed by atoms with Gasteiger partial charge < -0.3 is 5.32 Å². The Morgan fingerprint density at radius 2 is 2.35 bits per heavy atom. The van der Waals surface area contributed by atoms with Gasteiger partial charge in [-0.25, -0.2) is 0 Å². The lowest BCUT2D eigenvalue weighted by Crippen LogP contribution is -2.38. The van der Waals surface area contributed by atoms with Gasteiger partial charge in [0.25, 0.3) is 0 Å². The molecule has 2 aliphatic rings. The minimum Gasteiger partial charge on any atom is -0.308 e. The molecular formula is C13H18ClN3. The van der Waals surface area contributed by atoms with Crippen LogP contribution in [0.15, 0.2) is 18.5 Å². The molecule has 4 heteroatoms. The maximum Gasteiger partial charge on any atom is 0.0634 e. The summed E-state index contributed by atoms with van der Waals surface area (Å²) in [6.07, 6.45) is 7.50. The minimum absolute atomic E-state index is 0.640. The predicted octanol–water partition coefficient (Wildman–Crippen LogP) is 2.06. The lowest BCUT2D eigenvalue weighted by atomic mass is 10.1. The fourth-order valence-electron chi connectivity index (χ4n) is 3.11. The number of hydrogen-bond acceptors (Lipinski definition) is 3. The second-order valence-electron chi connectivity index (χ2n) is 4.99. The van der Waals surface area contributed by atoms with Crippen LogP contribution in [0.1, 0.15) is 24.8 Å². The molecule has 0 radical (unpaired) electrons. The first-order valence-electron chi connectivity index (χ1n) is 6.40. The molecule has 2 fully saturated rings. The molecule has 0 saturated carbocycles. The largest absolute Gasteiger partial charge is 0.308 e. The van der Waals surface area contributed by atoms with Crippen LogP contribution in [0.3, 0.4) is 0 Å². The average molecular weight is 252 g/mol. The van der Waals surface area contributed by atoms with Crippen LogP contribution < -0.4 is 5.32 Å². The van der Waals surface area contributed by atoms with Crippen LogP contribution in [0.25, 0.3) is 0 Å². The van der Waals surface area contributed by atoms with Gasteiger partial charge in [0.05, 0.1) is 5.02 Å². The first-order valence-corrected chi connectivity index (χ1v) is 6.78. The maximum atomic E-state index is 6.11. The Labute approximate surface area is 107 Å². The Morgan fingerprint density at radius 3 is 3.24 bits per heavy atom. The van der Waals surface area contributed by atoms with E-state index in [0.29, 0.717) is 6.04 Å². The van der Waals surface area contributed by atoms with E-state index in [1.807, 2.05) is 6.07 Å². The van der Waals surface area contributed by atoms with Gasteiger partial charge in [-0.05, 0) is 37.4 Å². The molecule has 92 valence electrons. The van der Waals surface area contributed by atoms with Gasteiger partial charge in [0.1, 0.15) is 0 Å². The van der Waals surface area contributed by atoms with E-state index in [0.717, 1.165) is 23.2 Å². The molecule has 2 saturated heterocycles. The fraction of sp³-hybridized carbons (Fsp3) is 0.615. The second kappa shape index (κ2) is 4.92. The van der Waals surface area contributed by atoms with Crippen molar-refractivity contribution >= 4 is 11.6 Å². The van der Waals surface area contributed by atoms with Crippen molar-refractivity contribution in [2.75, 3.05) is 13.1 Å². The normalized spacial score (nSPS) is 28.5. The first-order chi connectivity index (χ1) is 8.34. The topological polar surface area (TPSA) is 28.2 Å². The first kappa shape index (κ1) is 11.5. The highest BCUT2D eigenvalue weighted by Crippen LogP contribution is 2.28. The van der Waals surface area contributed by atoms with Crippen molar-refractivity contribution < 1.29 is 0 Å². The molecule has 3 heterocycles. The maximum absolute atomic E-state index is 6.11. The number of aromatic nitrogens is 1. The van der Waals surface area contributed by atoms with Crippen LogP contribution in [0.2, 0.25) is 5.02 Å². The molecule has 2 atom stereocenters. The third kappa shape index (κ3) is 2.32. The molecule has 3 rings (SSSR count). The summed E-state index contributed by atoms with van der Waals surface area (Å²) in [5, 5.41) is 4.42. The zero-order valence-corrected chi connectivity index (χ0v) is 10.7. The van der Waals surface area contributed by atoms with Gasteiger partial charge in [-0.2, -0.15) is 0 Å². The molecule has 0 spiro atoms. The van der Waals surface area contributed by atoms with Crippen molar-refractivity contribution in [3.8, 4) is 0 Å². The summed E-state index contributed by atoms with van der Waals surface area (Å²) in [6.45, 7) is 3.40. The van der Waals surface area contributed by atoms with E-state index in [9.17, 15) is 0 Å². The highest BCUT2D eigenvalue weighted by molar-refractivity contribution is 6.31. The minimum atomic E-state index is 0.640. The summed E-state index contributed by atoms with van der Waals surface area (Å²) < 4.78 is 0. The Balaban J connectivity index is 1.60. The zero-order chi connectivity index (χ0) is 11.7. The number of nitrogens with zero attached hydrogens (tertiary/aromatic N) is 2. The lowest BCUT2D eigenvalue weighted by Gasteiger charge is -2.21. The summed E-state index contributed by atoms with van der Waals surface area (Å²) in [5.74, 6) is 0. The molecule has 1 aromatic rings. The Bertz CT molecular complexity index is 396. The van der Waals surface area contributed by atoms with Gasteiger partial charge in [-0.15, -0.1) is 0 Å². The van der Waals surface area contributed by atoms with Crippen molar-refractivity contribution in [1.82, 2.24) is 15.2 Å². The molecular weight excluding hydrogens is 234 g/mol. The third-order valence-corrected chi connectivity index (χ3v) is 4.36. The van der Waals surface area contributed by atoms with Crippen LogP contribution in [-0.4, -0.2) is 35.1 Å². The van der Waals surface area contributed by atoms with E-state index in [4.69, 9.17) is 11.6 Å². The van der Waals surface area contributed by atoms with Crippen molar-refractivity contribution in [3.63, 3.8) is 0 Å². The molecule has 0 bridgehead atoms. The van der Waals surface area contributed by atoms with Crippen molar-refractivity contribution in [2.24, 2.45) is 0 Å². The molecule has 1 aromatic heterocycles.